The third-order valence-electron chi connectivity index (χ3n) is 3.57. The first-order chi connectivity index (χ1) is 8.14. The molecule has 2 nitrogen and oxygen atoms in total. The third kappa shape index (κ3) is 2.88. The summed E-state index contributed by atoms with van der Waals surface area (Å²) in [4.78, 5) is 0. The van der Waals surface area contributed by atoms with Crippen molar-refractivity contribution in [3.63, 3.8) is 0 Å². The van der Waals surface area contributed by atoms with Crippen molar-refractivity contribution in [2.75, 3.05) is 6.61 Å². The van der Waals surface area contributed by atoms with E-state index in [1.54, 1.807) is 0 Å². The second kappa shape index (κ2) is 5.19. The SMILES string of the molecule is CCCc1ccc(C2(O)CCOC(C)C2)cc1. The highest BCUT2D eigenvalue weighted by Crippen LogP contribution is 2.34. The van der Waals surface area contributed by atoms with E-state index in [1.807, 2.05) is 6.92 Å². The summed E-state index contributed by atoms with van der Waals surface area (Å²) in [5.74, 6) is 0. The molecule has 1 aromatic carbocycles. The minimum Gasteiger partial charge on any atom is -0.385 e. The minimum atomic E-state index is -0.692. The summed E-state index contributed by atoms with van der Waals surface area (Å²) < 4.78 is 5.50. The highest BCUT2D eigenvalue weighted by molar-refractivity contribution is 5.27. The van der Waals surface area contributed by atoms with Crippen molar-refractivity contribution < 1.29 is 9.84 Å². The van der Waals surface area contributed by atoms with Crippen molar-refractivity contribution in [2.45, 2.75) is 51.2 Å². The molecule has 17 heavy (non-hydrogen) atoms. The number of ether oxygens (including phenoxy) is 1. The summed E-state index contributed by atoms with van der Waals surface area (Å²) in [6, 6.07) is 8.42. The molecule has 2 unspecified atom stereocenters. The largest absolute Gasteiger partial charge is 0.385 e. The molecule has 0 aliphatic carbocycles. The Morgan fingerprint density at radius 3 is 2.65 bits per heavy atom. The second-order valence-electron chi connectivity index (χ2n) is 5.11. The number of benzene rings is 1. The quantitative estimate of drug-likeness (QED) is 0.871. The molecule has 2 heteroatoms. The van der Waals surface area contributed by atoms with Crippen LogP contribution in [0.2, 0.25) is 0 Å². The normalized spacial score (nSPS) is 29.2. The standard InChI is InChI=1S/C15H22O2/c1-3-4-13-5-7-14(8-6-13)15(16)9-10-17-12(2)11-15/h5-8,12,16H,3-4,9-11H2,1-2H3. The van der Waals surface area contributed by atoms with E-state index in [1.165, 1.54) is 5.56 Å². The Hall–Kier alpha value is -0.860. The molecule has 2 rings (SSSR count). The molecule has 1 aliphatic rings. The fraction of sp³-hybridized carbons (Fsp3) is 0.600. The molecule has 1 aliphatic heterocycles. The van der Waals surface area contributed by atoms with Gasteiger partial charge in [-0.2, -0.15) is 0 Å². The maximum absolute atomic E-state index is 10.7. The first-order valence-electron chi connectivity index (χ1n) is 6.57. The molecule has 1 aromatic rings. The lowest BCUT2D eigenvalue weighted by atomic mass is 9.83. The molecular weight excluding hydrogens is 212 g/mol. The zero-order valence-corrected chi connectivity index (χ0v) is 10.8. The van der Waals surface area contributed by atoms with Crippen LogP contribution in [-0.2, 0) is 16.8 Å². The molecule has 0 saturated carbocycles. The molecule has 1 saturated heterocycles. The van der Waals surface area contributed by atoms with Gasteiger partial charge in [0.05, 0.1) is 18.3 Å². The number of hydrogen-bond acceptors (Lipinski definition) is 2. The molecule has 0 spiro atoms. The Balaban J connectivity index is 2.15. The fourth-order valence-electron chi connectivity index (χ4n) is 2.60. The molecule has 1 N–H and O–H groups in total. The number of aryl methyl sites for hydroxylation is 1. The van der Waals surface area contributed by atoms with Crippen LogP contribution < -0.4 is 0 Å². The zero-order valence-electron chi connectivity index (χ0n) is 10.8. The van der Waals surface area contributed by atoms with Crippen LogP contribution in [0.15, 0.2) is 24.3 Å². The van der Waals surface area contributed by atoms with Gasteiger partial charge in [-0.1, -0.05) is 37.6 Å². The van der Waals surface area contributed by atoms with Gasteiger partial charge in [-0.05, 0) is 24.5 Å². The molecule has 0 radical (unpaired) electrons. The van der Waals surface area contributed by atoms with E-state index in [4.69, 9.17) is 4.74 Å². The van der Waals surface area contributed by atoms with Crippen LogP contribution in [-0.4, -0.2) is 17.8 Å². The van der Waals surface area contributed by atoms with Gasteiger partial charge in [0.2, 0.25) is 0 Å². The summed E-state index contributed by atoms with van der Waals surface area (Å²) in [6.07, 6.45) is 3.81. The molecule has 0 amide bonds. The van der Waals surface area contributed by atoms with Gasteiger partial charge in [0, 0.05) is 12.8 Å². The maximum Gasteiger partial charge on any atom is 0.0943 e. The van der Waals surface area contributed by atoms with Crippen LogP contribution >= 0.6 is 0 Å². The molecule has 0 bridgehead atoms. The third-order valence-corrected chi connectivity index (χ3v) is 3.57. The molecule has 94 valence electrons. The van der Waals surface area contributed by atoms with Gasteiger partial charge in [-0.25, -0.2) is 0 Å². The minimum absolute atomic E-state index is 0.143. The van der Waals surface area contributed by atoms with Gasteiger partial charge in [-0.3, -0.25) is 0 Å². The second-order valence-corrected chi connectivity index (χ2v) is 5.11. The Morgan fingerprint density at radius 2 is 2.06 bits per heavy atom. The first-order valence-corrected chi connectivity index (χ1v) is 6.57. The maximum atomic E-state index is 10.7. The fourth-order valence-corrected chi connectivity index (χ4v) is 2.60. The Bertz CT molecular complexity index is 358. The summed E-state index contributed by atoms with van der Waals surface area (Å²) >= 11 is 0. The molecule has 2 atom stereocenters. The zero-order chi connectivity index (χ0) is 12.3. The summed E-state index contributed by atoms with van der Waals surface area (Å²) in [5, 5.41) is 10.7. The van der Waals surface area contributed by atoms with E-state index in [9.17, 15) is 5.11 Å². The lowest BCUT2D eigenvalue weighted by Crippen LogP contribution is -2.37. The molecule has 0 aromatic heterocycles. The molecule has 1 fully saturated rings. The summed E-state index contributed by atoms with van der Waals surface area (Å²) in [6.45, 7) is 4.85. The van der Waals surface area contributed by atoms with Crippen molar-refractivity contribution >= 4 is 0 Å². The van der Waals surface area contributed by atoms with E-state index in [0.717, 1.165) is 18.4 Å². The van der Waals surface area contributed by atoms with Crippen LogP contribution in [0.3, 0.4) is 0 Å². The Morgan fingerprint density at radius 1 is 1.35 bits per heavy atom. The lowest BCUT2D eigenvalue weighted by molar-refractivity contribution is -0.101. The van der Waals surface area contributed by atoms with E-state index in [2.05, 4.69) is 31.2 Å². The van der Waals surface area contributed by atoms with Crippen LogP contribution in [0.4, 0.5) is 0 Å². The topological polar surface area (TPSA) is 29.5 Å². The number of hydrogen-bond donors (Lipinski definition) is 1. The summed E-state index contributed by atoms with van der Waals surface area (Å²) in [5.41, 5.74) is 1.69. The van der Waals surface area contributed by atoms with Crippen molar-refractivity contribution in [1.82, 2.24) is 0 Å². The van der Waals surface area contributed by atoms with Crippen molar-refractivity contribution in [3.05, 3.63) is 35.4 Å². The van der Waals surface area contributed by atoms with Crippen LogP contribution in [0.5, 0.6) is 0 Å². The predicted octanol–water partition coefficient (Wildman–Crippen LogP) is 3.03. The lowest BCUT2D eigenvalue weighted by Gasteiger charge is -2.36. The van der Waals surface area contributed by atoms with Crippen LogP contribution in [0.25, 0.3) is 0 Å². The predicted molar refractivity (Wildman–Crippen MR) is 69.0 cm³/mol. The van der Waals surface area contributed by atoms with E-state index < -0.39 is 5.60 Å². The van der Waals surface area contributed by atoms with Crippen molar-refractivity contribution in [2.24, 2.45) is 0 Å². The number of rotatable bonds is 3. The Kier molecular flexibility index (Phi) is 3.85. The van der Waals surface area contributed by atoms with Gasteiger partial charge in [0.15, 0.2) is 0 Å². The average molecular weight is 234 g/mol. The molecule has 1 heterocycles. The highest BCUT2D eigenvalue weighted by atomic mass is 16.5. The Labute approximate surface area is 104 Å². The highest BCUT2D eigenvalue weighted by Gasteiger charge is 2.34. The first kappa shape index (κ1) is 12.6. The van der Waals surface area contributed by atoms with Gasteiger partial charge in [0.25, 0.3) is 0 Å². The smallest absolute Gasteiger partial charge is 0.0943 e. The monoisotopic (exact) mass is 234 g/mol. The van der Waals surface area contributed by atoms with Gasteiger partial charge < -0.3 is 9.84 Å². The van der Waals surface area contributed by atoms with Crippen LogP contribution in [0.1, 0.15) is 44.2 Å². The van der Waals surface area contributed by atoms with Crippen LogP contribution in [0, 0.1) is 0 Å². The molecular formula is C15H22O2. The summed E-state index contributed by atoms with van der Waals surface area (Å²) in [7, 11) is 0. The van der Waals surface area contributed by atoms with Crippen molar-refractivity contribution in [1.29, 1.82) is 0 Å². The van der Waals surface area contributed by atoms with Crippen molar-refractivity contribution in [3.8, 4) is 0 Å². The van der Waals surface area contributed by atoms with E-state index in [0.29, 0.717) is 19.4 Å². The van der Waals surface area contributed by atoms with Gasteiger partial charge >= 0.3 is 0 Å². The average Bonchev–Trinajstić information content (AvgIpc) is 2.30. The van der Waals surface area contributed by atoms with E-state index in [-0.39, 0.29) is 6.10 Å². The number of aliphatic hydroxyl groups is 1. The van der Waals surface area contributed by atoms with Gasteiger partial charge in [-0.15, -0.1) is 0 Å². The van der Waals surface area contributed by atoms with E-state index >= 15 is 0 Å². The van der Waals surface area contributed by atoms with Gasteiger partial charge in [0.1, 0.15) is 0 Å².